The van der Waals surface area contributed by atoms with Gasteiger partial charge in [0.1, 0.15) is 11.2 Å². The molecule has 0 N–H and O–H groups in total. The van der Waals surface area contributed by atoms with Crippen molar-refractivity contribution in [2.24, 2.45) is 9.98 Å². The van der Waals surface area contributed by atoms with Gasteiger partial charge in [-0.25, -0.2) is 4.98 Å². The molecule has 4 aromatic carbocycles. The third-order valence-electron chi connectivity index (χ3n) is 8.76. The minimum atomic E-state index is 0.408. The Morgan fingerprint density at radius 1 is 0.826 bits per heavy atom. The predicted molar refractivity (Wildman–Crippen MR) is 192 cm³/mol. The van der Waals surface area contributed by atoms with Gasteiger partial charge in [-0.05, 0) is 54.6 Å². The first-order valence-electron chi connectivity index (χ1n) is 15.6. The van der Waals surface area contributed by atoms with E-state index >= 15 is 0 Å². The number of rotatable bonds is 6. The molecule has 0 amide bonds. The van der Waals surface area contributed by atoms with Gasteiger partial charge >= 0.3 is 0 Å². The molecule has 1 atom stereocenters. The standard InChI is InChI=1S/C42H31N3O/c1-43-40(31-24-22-30(23-25-31)29-13-3-2-4-14-29)33-16-5-8-19-36(33)44-27-28-12-11-15-32(26-28)41-39-35-18-7-10-21-38(35)46-42(39)34-17-6-9-20-37(34)45-41/h2-13,15-26,29H,1,14,27H2/b40-33-,44-36-. The molecule has 2 aliphatic carbocycles. The summed E-state index contributed by atoms with van der Waals surface area (Å²) in [5.41, 5.74) is 10.7. The largest absolute Gasteiger partial charge is 0.455 e. The summed E-state index contributed by atoms with van der Waals surface area (Å²) in [6, 6.07) is 33.5. The van der Waals surface area contributed by atoms with Gasteiger partial charge in [-0.3, -0.25) is 9.98 Å². The Labute approximate surface area is 267 Å². The number of aliphatic imine (C=N–C) groups is 2. The van der Waals surface area contributed by atoms with Gasteiger partial charge in [-0.15, -0.1) is 0 Å². The molecular weight excluding hydrogens is 562 g/mol. The fourth-order valence-electron chi connectivity index (χ4n) is 6.47. The number of hydrogen-bond acceptors (Lipinski definition) is 4. The minimum Gasteiger partial charge on any atom is -0.455 e. The monoisotopic (exact) mass is 593 g/mol. The Kier molecular flexibility index (Phi) is 7.16. The lowest BCUT2D eigenvalue weighted by Crippen LogP contribution is -2.04. The van der Waals surface area contributed by atoms with Crippen molar-refractivity contribution in [2.75, 3.05) is 0 Å². The fraction of sp³-hybridized carbons (Fsp3) is 0.0714. The second-order valence-corrected chi connectivity index (χ2v) is 11.6. The van der Waals surface area contributed by atoms with E-state index in [2.05, 4.69) is 103 Å². The van der Waals surface area contributed by atoms with E-state index in [0.29, 0.717) is 12.5 Å². The Bertz CT molecular complexity index is 2330. The zero-order chi connectivity index (χ0) is 30.9. The molecule has 0 radical (unpaired) electrons. The van der Waals surface area contributed by atoms with Gasteiger partial charge in [0.25, 0.3) is 0 Å². The second-order valence-electron chi connectivity index (χ2n) is 11.6. The molecule has 2 heterocycles. The highest BCUT2D eigenvalue weighted by Crippen LogP contribution is 2.39. The normalized spacial score (nSPS) is 17.8. The van der Waals surface area contributed by atoms with Gasteiger partial charge in [0.05, 0.1) is 34.6 Å². The molecule has 46 heavy (non-hydrogen) atoms. The Morgan fingerprint density at radius 3 is 2.50 bits per heavy atom. The summed E-state index contributed by atoms with van der Waals surface area (Å²) < 4.78 is 6.40. The number of fused-ring (bicyclic) bond motifs is 5. The topological polar surface area (TPSA) is 50.8 Å². The van der Waals surface area contributed by atoms with Crippen LogP contribution in [-0.2, 0) is 6.54 Å². The molecular formula is C42H31N3O. The van der Waals surface area contributed by atoms with E-state index in [4.69, 9.17) is 14.4 Å². The SMILES string of the molecule is C=N/C(=C1/C=CC=C/C1=N/Cc1cccc(-c2nc3ccccc3c3oc4ccccc4c23)c1)c1ccc(C2C=CC=CC2)cc1. The third kappa shape index (κ3) is 5.04. The summed E-state index contributed by atoms with van der Waals surface area (Å²) in [5.74, 6) is 0.408. The van der Waals surface area contributed by atoms with Crippen molar-refractivity contribution < 1.29 is 4.42 Å². The van der Waals surface area contributed by atoms with Gasteiger partial charge in [0.15, 0.2) is 0 Å². The summed E-state index contributed by atoms with van der Waals surface area (Å²) in [4.78, 5) is 14.7. The molecule has 0 spiro atoms. The summed E-state index contributed by atoms with van der Waals surface area (Å²) in [6.07, 6.45) is 17.9. The molecule has 0 saturated heterocycles. The summed E-state index contributed by atoms with van der Waals surface area (Å²) in [5, 5.41) is 3.11. The van der Waals surface area contributed by atoms with Crippen LogP contribution in [0.3, 0.4) is 0 Å². The third-order valence-corrected chi connectivity index (χ3v) is 8.76. The molecule has 2 aliphatic rings. The molecule has 0 saturated carbocycles. The Hall–Kier alpha value is -5.87. The Balaban J connectivity index is 1.15. The van der Waals surface area contributed by atoms with Crippen molar-refractivity contribution >= 4 is 51.0 Å². The second kappa shape index (κ2) is 11.9. The maximum absolute atomic E-state index is 6.40. The molecule has 4 heteroatoms. The Morgan fingerprint density at radius 2 is 1.65 bits per heavy atom. The van der Waals surface area contributed by atoms with Gasteiger partial charge < -0.3 is 4.42 Å². The van der Waals surface area contributed by atoms with Crippen molar-refractivity contribution in [2.45, 2.75) is 18.9 Å². The molecule has 2 aromatic heterocycles. The molecule has 8 rings (SSSR count). The van der Waals surface area contributed by atoms with Crippen LogP contribution in [0, 0.1) is 0 Å². The maximum atomic E-state index is 6.40. The smallest absolute Gasteiger partial charge is 0.147 e. The van der Waals surface area contributed by atoms with E-state index in [1.54, 1.807) is 0 Å². The van der Waals surface area contributed by atoms with Crippen molar-refractivity contribution in [3.8, 4) is 11.3 Å². The lowest BCUT2D eigenvalue weighted by molar-refractivity contribution is 0.672. The van der Waals surface area contributed by atoms with Crippen LogP contribution in [0.5, 0.6) is 0 Å². The van der Waals surface area contributed by atoms with Crippen LogP contribution < -0.4 is 0 Å². The molecule has 0 bridgehead atoms. The zero-order valence-electron chi connectivity index (χ0n) is 25.3. The van der Waals surface area contributed by atoms with Gasteiger partial charge in [0, 0.05) is 33.4 Å². The summed E-state index contributed by atoms with van der Waals surface area (Å²) in [6.45, 7) is 4.44. The van der Waals surface area contributed by atoms with Crippen molar-refractivity contribution in [3.05, 3.63) is 168 Å². The summed E-state index contributed by atoms with van der Waals surface area (Å²) >= 11 is 0. The highest BCUT2D eigenvalue weighted by atomic mass is 16.3. The fourth-order valence-corrected chi connectivity index (χ4v) is 6.47. The predicted octanol–water partition coefficient (Wildman–Crippen LogP) is 10.6. The van der Waals surface area contributed by atoms with Crippen LogP contribution >= 0.6 is 0 Å². The van der Waals surface area contributed by atoms with Gasteiger partial charge in [-0.2, -0.15) is 0 Å². The van der Waals surface area contributed by atoms with Crippen molar-refractivity contribution in [1.29, 1.82) is 0 Å². The quantitative estimate of drug-likeness (QED) is 0.180. The highest BCUT2D eigenvalue weighted by molar-refractivity contribution is 6.19. The van der Waals surface area contributed by atoms with Crippen LogP contribution in [0.1, 0.15) is 29.0 Å². The average molecular weight is 594 g/mol. The van der Waals surface area contributed by atoms with Gasteiger partial charge in [-0.1, -0.05) is 115 Å². The van der Waals surface area contributed by atoms with Crippen LogP contribution in [-0.4, -0.2) is 17.4 Å². The highest BCUT2D eigenvalue weighted by Gasteiger charge is 2.18. The van der Waals surface area contributed by atoms with E-state index in [0.717, 1.165) is 78.6 Å². The first-order chi connectivity index (χ1) is 22.8. The van der Waals surface area contributed by atoms with E-state index in [1.807, 2.05) is 54.6 Å². The maximum Gasteiger partial charge on any atom is 0.147 e. The molecule has 1 unspecified atom stereocenters. The molecule has 6 aromatic rings. The number of hydrogen-bond donors (Lipinski definition) is 0. The van der Waals surface area contributed by atoms with E-state index in [1.165, 1.54) is 5.56 Å². The average Bonchev–Trinajstić information content (AvgIpc) is 3.52. The number of para-hydroxylation sites is 2. The first kappa shape index (κ1) is 27.7. The van der Waals surface area contributed by atoms with E-state index < -0.39 is 0 Å². The van der Waals surface area contributed by atoms with E-state index in [-0.39, 0.29) is 0 Å². The minimum absolute atomic E-state index is 0.408. The van der Waals surface area contributed by atoms with Gasteiger partial charge in [0.2, 0.25) is 0 Å². The number of furan rings is 1. The lowest BCUT2D eigenvalue weighted by Gasteiger charge is -2.15. The number of nitrogens with zero attached hydrogens (tertiary/aromatic N) is 3. The van der Waals surface area contributed by atoms with E-state index in [9.17, 15) is 0 Å². The summed E-state index contributed by atoms with van der Waals surface area (Å²) in [7, 11) is 0. The molecule has 220 valence electrons. The lowest BCUT2D eigenvalue weighted by atomic mass is 9.91. The first-order valence-corrected chi connectivity index (χ1v) is 15.6. The number of benzene rings is 4. The molecule has 0 aliphatic heterocycles. The van der Waals surface area contributed by atoms with Crippen molar-refractivity contribution in [1.82, 2.24) is 4.98 Å². The van der Waals surface area contributed by atoms with Crippen LogP contribution in [0.4, 0.5) is 0 Å². The molecule has 0 fully saturated rings. The van der Waals surface area contributed by atoms with Crippen molar-refractivity contribution in [3.63, 3.8) is 0 Å². The number of pyridine rings is 1. The van der Waals surface area contributed by atoms with Crippen LogP contribution in [0.2, 0.25) is 0 Å². The van der Waals surface area contributed by atoms with Crippen LogP contribution in [0.25, 0.3) is 49.8 Å². The van der Waals surface area contributed by atoms with Crippen LogP contribution in [0.15, 0.2) is 166 Å². The molecule has 4 nitrogen and oxygen atoms in total. The number of aromatic nitrogens is 1. The zero-order valence-corrected chi connectivity index (χ0v) is 25.3. The number of allylic oxidation sites excluding steroid dienone is 9.